The second kappa shape index (κ2) is 10.0. The lowest BCUT2D eigenvalue weighted by molar-refractivity contribution is -0.127. The van der Waals surface area contributed by atoms with E-state index in [0.29, 0.717) is 12.8 Å². The Labute approximate surface area is 204 Å². The number of rotatable bonds is 5. The highest BCUT2D eigenvalue weighted by molar-refractivity contribution is 7.15. The first-order valence-corrected chi connectivity index (χ1v) is 12.9. The molecule has 34 heavy (non-hydrogen) atoms. The Kier molecular flexibility index (Phi) is 7.25. The van der Waals surface area contributed by atoms with E-state index in [1.165, 1.54) is 0 Å². The molecule has 1 aromatic heterocycles. The Morgan fingerprint density at radius 3 is 2.65 bits per heavy atom. The molecule has 1 aromatic carbocycles. The molecule has 0 radical (unpaired) electrons. The molecule has 1 saturated carbocycles. The Morgan fingerprint density at radius 2 is 2.00 bits per heavy atom. The van der Waals surface area contributed by atoms with Crippen LogP contribution >= 0.6 is 11.3 Å². The quantitative estimate of drug-likeness (QED) is 0.641. The number of aliphatic hydroxyl groups is 1. The summed E-state index contributed by atoms with van der Waals surface area (Å²) in [5.41, 5.74) is 2.45. The lowest BCUT2D eigenvalue weighted by Gasteiger charge is -2.37. The molecular weight excluding hydrogens is 451 g/mol. The van der Waals surface area contributed by atoms with Gasteiger partial charge in [-0.05, 0) is 70.6 Å². The third-order valence-corrected chi connectivity index (χ3v) is 8.16. The summed E-state index contributed by atoms with van der Waals surface area (Å²) in [7, 11) is 0. The fraction of sp³-hybridized carbons (Fsp3) is 0.577. The van der Waals surface area contributed by atoms with Crippen molar-refractivity contribution < 1.29 is 14.3 Å². The van der Waals surface area contributed by atoms with E-state index in [1.54, 1.807) is 18.3 Å². The SMILES string of the molecule is Cc1nc(C2CCC(F)CC2C(=O)NC(C)C#N)c(-c2ccc(N3CCC(C)(O)CC3)cc2)s1. The standard InChI is InChI=1S/C26H33FN4O2S/c1-16(15-28)29-25(32)22-14-19(27)6-9-21(22)23-24(34-17(2)30-23)18-4-7-20(8-5-18)31-12-10-26(3,33)11-13-31/h4-5,7-8,16,19,21-22,33H,6,9-14H2,1-3H3,(H,29,32). The zero-order chi connectivity index (χ0) is 24.5. The van der Waals surface area contributed by atoms with Crippen LogP contribution in [-0.4, -0.2) is 46.9 Å². The van der Waals surface area contributed by atoms with Crippen LogP contribution in [0, 0.1) is 24.2 Å². The molecule has 8 heteroatoms. The van der Waals surface area contributed by atoms with Crippen molar-refractivity contribution in [1.29, 1.82) is 5.26 Å². The van der Waals surface area contributed by atoms with Gasteiger partial charge < -0.3 is 15.3 Å². The minimum absolute atomic E-state index is 0.155. The van der Waals surface area contributed by atoms with Crippen LogP contribution in [-0.2, 0) is 4.79 Å². The molecule has 4 atom stereocenters. The maximum Gasteiger partial charge on any atom is 0.224 e. The smallest absolute Gasteiger partial charge is 0.224 e. The predicted octanol–water partition coefficient (Wildman–Crippen LogP) is 4.72. The maximum absolute atomic E-state index is 14.3. The fourth-order valence-corrected chi connectivity index (χ4v) is 6.06. The summed E-state index contributed by atoms with van der Waals surface area (Å²) in [6, 6.07) is 9.79. The second-order valence-corrected chi connectivity index (χ2v) is 11.2. The Balaban J connectivity index is 1.58. The van der Waals surface area contributed by atoms with Crippen molar-refractivity contribution in [1.82, 2.24) is 10.3 Å². The van der Waals surface area contributed by atoms with Gasteiger partial charge in [0.15, 0.2) is 0 Å². The third-order valence-electron chi connectivity index (χ3n) is 7.12. The van der Waals surface area contributed by atoms with E-state index in [4.69, 9.17) is 10.2 Å². The number of anilines is 1. The number of hydrogen-bond acceptors (Lipinski definition) is 6. The van der Waals surface area contributed by atoms with E-state index in [1.807, 2.05) is 19.9 Å². The van der Waals surface area contributed by atoms with Crippen molar-refractivity contribution in [3.63, 3.8) is 0 Å². The van der Waals surface area contributed by atoms with Gasteiger partial charge in [0, 0.05) is 30.6 Å². The van der Waals surface area contributed by atoms with E-state index in [0.717, 1.165) is 52.8 Å². The number of nitrogens with one attached hydrogen (secondary N) is 1. The van der Waals surface area contributed by atoms with Gasteiger partial charge in [-0.3, -0.25) is 4.79 Å². The molecule has 1 aliphatic carbocycles. The average molecular weight is 485 g/mol. The van der Waals surface area contributed by atoms with Crippen LogP contribution in [0.3, 0.4) is 0 Å². The molecule has 1 amide bonds. The van der Waals surface area contributed by atoms with Gasteiger partial charge in [-0.2, -0.15) is 5.26 Å². The van der Waals surface area contributed by atoms with Gasteiger partial charge in [0.05, 0.1) is 27.2 Å². The highest BCUT2D eigenvalue weighted by atomic mass is 32.1. The van der Waals surface area contributed by atoms with Crippen LogP contribution in [0.25, 0.3) is 10.4 Å². The molecule has 2 N–H and O–H groups in total. The number of hydrogen-bond donors (Lipinski definition) is 2. The van der Waals surface area contributed by atoms with Crippen LogP contribution in [0.1, 0.15) is 62.6 Å². The predicted molar refractivity (Wildman–Crippen MR) is 133 cm³/mol. The molecule has 2 fully saturated rings. The molecule has 0 spiro atoms. The van der Waals surface area contributed by atoms with Gasteiger partial charge in [-0.15, -0.1) is 11.3 Å². The Hall–Kier alpha value is -2.50. The van der Waals surface area contributed by atoms with Crippen molar-refractivity contribution in [2.45, 2.75) is 76.6 Å². The van der Waals surface area contributed by atoms with Crippen molar-refractivity contribution in [2.24, 2.45) is 5.92 Å². The van der Waals surface area contributed by atoms with Crippen molar-refractivity contribution >= 4 is 22.9 Å². The number of nitriles is 1. The summed E-state index contributed by atoms with van der Waals surface area (Å²) in [6.07, 6.45) is 1.61. The molecule has 4 unspecified atom stereocenters. The summed E-state index contributed by atoms with van der Waals surface area (Å²) in [4.78, 5) is 21.1. The molecule has 2 aromatic rings. The first kappa shape index (κ1) is 24.6. The van der Waals surface area contributed by atoms with Crippen LogP contribution in [0.15, 0.2) is 24.3 Å². The van der Waals surface area contributed by atoms with E-state index >= 15 is 0 Å². The summed E-state index contributed by atoms with van der Waals surface area (Å²) >= 11 is 1.60. The van der Waals surface area contributed by atoms with E-state index in [2.05, 4.69) is 34.5 Å². The van der Waals surface area contributed by atoms with E-state index in [9.17, 15) is 14.3 Å². The van der Waals surface area contributed by atoms with Gasteiger partial charge in [-0.1, -0.05) is 12.1 Å². The number of aromatic nitrogens is 1. The van der Waals surface area contributed by atoms with Gasteiger partial charge in [-0.25, -0.2) is 9.37 Å². The van der Waals surface area contributed by atoms with Crippen LogP contribution in [0.4, 0.5) is 10.1 Å². The lowest BCUT2D eigenvalue weighted by atomic mass is 9.75. The molecule has 4 rings (SSSR count). The summed E-state index contributed by atoms with van der Waals surface area (Å²) in [5, 5.41) is 23.0. The number of amides is 1. The second-order valence-electron chi connectivity index (χ2n) is 9.96. The van der Waals surface area contributed by atoms with Crippen molar-refractivity contribution in [3.8, 4) is 16.5 Å². The molecular formula is C26H33FN4O2S. The number of alkyl halides is 1. The fourth-order valence-electron chi connectivity index (χ4n) is 5.06. The monoisotopic (exact) mass is 484 g/mol. The van der Waals surface area contributed by atoms with Crippen LogP contribution in [0.2, 0.25) is 0 Å². The Morgan fingerprint density at radius 1 is 1.32 bits per heavy atom. The summed E-state index contributed by atoms with van der Waals surface area (Å²) in [6.45, 7) is 7.13. The van der Waals surface area contributed by atoms with E-state index in [-0.39, 0.29) is 18.2 Å². The van der Waals surface area contributed by atoms with Gasteiger partial charge in [0.1, 0.15) is 12.2 Å². The number of carbonyl (C=O) groups is 1. The average Bonchev–Trinajstić information content (AvgIpc) is 3.20. The normalized spacial score (nSPS) is 25.4. The number of carbonyl (C=O) groups excluding carboxylic acids is 1. The number of halogens is 1. The molecule has 2 aliphatic rings. The molecule has 182 valence electrons. The van der Waals surface area contributed by atoms with E-state index < -0.39 is 23.7 Å². The lowest BCUT2D eigenvalue weighted by Crippen LogP contribution is -2.42. The zero-order valence-electron chi connectivity index (χ0n) is 20.1. The minimum atomic E-state index is -1.02. The topological polar surface area (TPSA) is 89.2 Å². The molecule has 1 saturated heterocycles. The largest absolute Gasteiger partial charge is 0.390 e. The highest BCUT2D eigenvalue weighted by Gasteiger charge is 2.39. The van der Waals surface area contributed by atoms with Crippen molar-refractivity contribution in [3.05, 3.63) is 35.0 Å². The summed E-state index contributed by atoms with van der Waals surface area (Å²) < 4.78 is 14.3. The molecule has 6 nitrogen and oxygen atoms in total. The summed E-state index contributed by atoms with van der Waals surface area (Å²) in [5.74, 6) is -0.989. The first-order valence-electron chi connectivity index (χ1n) is 12.1. The number of benzene rings is 1. The molecule has 1 aliphatic heterocycles. The Bertz CT molecular complexity index is 1050. The van der Waals surface area contributed by atoms with Gasteiger partial charge >= 0.3 is 0 Å². The minimum Gasteiger partial charge on any atom is -0.390 e. The number of piperidine rings is 1. The maximum atomic E-state index is 14.3. The number of thiazole rings is 1. The third kappa shape index (κ3) is 5.42. The highest BCUT2D eigenvalue weighted by Crippen LogP contribution is 2.44. The molecule has 2 heterocycles. The first-order chi connectivity index (χ1) is 16.2. The number of aryl methyl sites for hydroxylation is 1. The van der Waals surface area contributed by atoms with Gasteiger partial charge in [0.2, 0.25) is 5.91 Å². The zero-order valence-corrected chi connectivity index (χ0v) is 20.9. The van der Waals surface area contributed by atoms with Crippen LogP contribution < -0.4 is 10.2 Å². The number of nitrogens with zero attached hydrogens (tertiary/aromatic N) is 3. The van der Waals surface area contributed by atoms with Crippen LogP contribution in [0.5, 0.6) is 0 Å². The van der Waals surface area contributed by atoms with Gasteiger partial charge in [0.25, 0.3) is 0 Å². The van der Waals surface area contributed by atoms with Crippen molar-refractivity contribution in [2.75, 3.05) is 18.0 Å². The molecule has 0 bridgehead atoms.